The fourth-order valence-corrected chi connectivity index (χ4v) is 5.83. The van der Waals surface area contributed by atoms with Crippen LogP contribution in [0.25, 0.3) is 50.1 Å². The van der Waals surface area contributed by atoms with Crippen LogP contribution in [0.2, 0.25) is 0 Å². The third-order valence-corrected chi connectivity index (χ3v) is 7.95. The molecule has 41 heavy (non-hydrogen) atoms. The van der Waals surface area contributed by atoms with Gasteiger partial charge in [-0.15, -0.1) is 8.78 Å². The summed E-state index contributed by atoms with van der Waals surface area (Å²) in [5, 5.41) is 9.86. The van der Waals surface area contributed by atoms with Crippen molar-refractivity contribution < 1.29 is 18.3 Å². The number of hydrogen-bond acceptors (Lipinski definition) is 5. The third kappa shape index (κ3) is 3.74. The Morgan fingerprint density at radius 3 is 2.51 bits per heavy atom. The average molecular weight is 552 g/mol. The summed E-state index contributed by atoms with van der Waals surface area (Å²) in [6.07, 6.45) is 4.00. The van der Waals surface area contributed by atoms with Gasteiger partial charge in [-0.3, -0.25) is 14.2 Å². The molecule has 10 heteroatoms. The van der Waals surface area contributed by atoms with Gasteiger partial charge in [0.15, 0.2) is 16.9 Å². The number of ether oxygens (including phenoxy) is 2. The second-order valence-electron chi connectivity index (χ2n) is 10.6. The normalized spacial score (nSPS) is 15.7. The Bertz CT molecular complexity index is 2110. The fraction of sp³-hybridized carbons (Fsp3) is 0.194. The summed E-state index contributed by atoms with van der Waals surface area (Å²) in [4.78, 5) is 14.3. The lowest BCUT2D eigenvalue weighted by molar-refractivity contribution is -0.286. The first-order valence-electron chi connectivity index (χ1n) is 13.3. The first kappa shape index (κ1) is 23.9. The molecule has 8 nitrogen and oxygen atoms in total. The number of nitrogens with zero attached hydrogens (tertiary/aromatic N) is 5. The largest absolute Gasteiger partial charge is 0.586 e. The summed E-state index contributed by atoms with van der Waals surface area (Å²) < 4.78 is 42.4. The molecule has 4 aromatic heterocycles. The van der Waals surface area contributed by atoms with Gasteiger partial charge >= 0.3 is 6.29 Å². The van der Waals surface area contributed by atoms with Crippen LogP contribution >= 0.6 is 0 Å². The second kappa shape index (κ2) is 8.26. The molecule has 0 bridgehead atoms. The molecule has 8 rings (SSSR count). The quantitative estimate of drug-likeness (QED) is 0.264. The van der Waals surface area contributed by atoms with Gasteiger partial charge in [-0.2, -0.15) is 10.2 Å². The molecule has 5 heterocycles. The summed E-state index contributed by atoms with van der Waals surface area (Å²) in [6, 6.07) is 16.3. The zero-order valence-electron chi connectivity index (χ0n) is 22.1. The number of fused-ring (bicyclic) bond motifs is 3. The van der Waals surface area contributed by atoms with Crippen LogP contribution in [-0.4, -0.2) is 30.3 Å². The molecule has 0 atom stereocenters. The van der Waals surface area contributed by atoms with Crippen molar-refractivity contribution in [3.63, 3.8) is 0 Å². The van der Waals surface area contributed by atoms with Crippen molar-refractivity contribution in [3.05, 3.63) is 89.0 Å². The van der Waals surface area contributed by atoms with Crippen LogP contribution in [0.3, 0.4) is 0 Å². The molecular weight excluding hydrogens is 528 g/mol. The van der Waals surface area contributed by atoms with E-state index in [0.29, 0.717) is 33.7 Å². The van der Waals surface area contributed by atoms with Crippen molar-refractivity contribution >= 4 is 16.4 Å². The van der Waals surface area contributed by atoms with Gasteiger partial charge in [0.25, 0.3) is 0 Å². The summed E-state index contributed by atoms with van der Waals surface area (Å²) in [6.45, 7) is 0. The van der Waals surface area contributed by atoms with E-state index in [-0.39, 0.29) is 16.9 Å². The molecule has 0 unspecified atom stereocenters. The molecule has 1 saturated carbocycles. The topological polar surface area (TPSA) is 75.6 Å². The van der Waals surface area contributed by atoms with Crippen molar-refractivity contribution in [2.45, 2.75) is 25.1 Å². The van der Waals surface area contributed by atoms with Gasteiger partial charge in [-0.25, -0.2) is 0 Å². The maximum atomic E-state index is 14.3. The minimum atomic E-state index is -3.75. The highest BCUT2D eigenvalue weighted by Crippen LogP contribution is 2.44. The van der Waals surface area contributed by atoms with Crippen molar-refractivity contribution in [1.29, 1.82) is 0 Å². The minimum Gasteiger partial charge on any atom is -0.395 e. The Hall–Kier alpha value is -4.99. The molecule has 1 fully saturated rings. The third-order valence-electron chi connectivity index (χ3n) is 7.95. The fourth-order valence-electron chi connectivity index (χ4n) is 5.83. The zero-order chi connectivity index (χ0) is 28.0. The number of benzene rings is 2. The highest BCUT2D eigenvalue weighted by molar-refractivity contribution is 5.96. The number of pyridine rings is 2. The second-order valence-corrected chi connectivity index (χ2v) is 10.6. The van der Waals surface area contributed by atoms with Gasteiger partial charge in [0, 0.05) is 43.6 Å². The SMILES string of the molecule is Cn1nccc1-c1c2cc(-c3cn4ccc(C5CC5)cc4c(-c4ccc5c(c4)OC(F)(F)O5)c3=O)ccc2nn1C. The van der Waals surface area contributed by atoms with E-state index in [1.807, 2.05) is 65.9 Å². The van der Waals surface area contributed by atoms with Crippen LogP contribution in [0.1, 0.15) is 24.3 Å². The first-order chi connectivity index (χ1) is 19.8. The predicted octanol–water partition coefficient (Wildman–Crippen LogP) is 6.12. The van der Waals surface area contributed by atoms with E-state index in [4.69, 9.17) is 4.74 Å². The van der Waals surface area contributed by atoms with Gasteiger partial charge in [-0.05, 0) is 77.9 Å². The van der Waals surface area contributed by atoms with Gasteiger partial charge in [0.1, 0.15) is 0 Å². The summed E-state index contributed by atoms with van der Waals surface area (Å²) >= 11 is 0. The minimum absolute atomic E-state index is 0.0669. The number of rotatable bonds is 4. The lowest BCUT2D eigenvalue weighted by atomic mass is 9.96. The average Bonchev–Trinajstić information content (AvgIpc) is 3.52. The van der Waals surface area contributed by atoms with Crippen molar-refractivity contribution in [2.75, 3.05) is 0 Å². The molecule has 0 amide bonds. The molecule has 1 aliphatic heterocycles. The predicted molar refractivity (Wildman–Crippen MR) is 149 cm³/mol. The maximum Gasteiger partial charge on any atom is 0.586 e. The smallest absolute Gasteiger partial charge is 0.395 e. The number of hydrogen-bond donors (Lipinski definition) is 0. The highest BCUT2D eigenvalue weighted by atomic mass is 19.3. The molecule has 204 valence electrons. The Morgan fingerprint density at radius 2 is 1.73 bits per heavy atom. The van der Waals surface area contributed by atoms with Crippen LogP contribution < -0.4 is 14.9 Å². The van der Waals surface area contributed by atoms with Gasteiger partial charge in [0.05, 0.1) is 28.0 Å². The maximum absolute atomic E-state index is 14.3. The van der Waals surface area contributed by atoms with E-state index in [2.05, 4.69) is 21.0 Å². The summed E-state index contributed by atoms with van der Waals surface area (Å²) in [7, 11) is 3.75. The van der Waals surface area contributed by atoms with E-state index >= 15 is 0 Å². The molecule has 0 spiro atoms. The van der Waals surface area contributed by atoms with E-state index in [9.17, 15) is 13.6 Å². The molecule has 0 N–H and O–H groups in total. The summed E-state index contributed by atoms with van der Waals surface area (Å²) in [5.74, 6) is 0.297. The zero-order valence-corrected chi connectivity index (χ0v) is 22.1. The molecular formula is C31H23F2N5O3. The Labute approximate surface area is 232 Å². The molecule has 0 radical (unpaired) electrons. The van der Waals surface area contributed by atoms with Crippen LogP contribution in [-0.2, 0) is 14.1 Å². The molecule has 1 aliphatic carbocycles. The lowest BCUT2D eigenvalue weighted by Crippen LogP contribution is -2.25. The molecule has 6 aromatic rings. The van der Waals surface area contributed by atoms with Crippen LogP contribution in [0.15, 0.2) is 78.0 Å². The summed E-state index contributed by atoms with van der Waals surface area (Å²) in [5.41, 5.74) is 6.28. The molecule has 0 saturated heterocycles. The van der Waals surface area contributed by atoms with Crippen molar-refractivity contribution in [1.82, 2.24) is 24.0 Å². The van der Waals surface area contributed by atoms with Crippen molar-refractivity contribution in [3.8, 4) is 45.1 Å². The Balaban J connectivity index is 1.37. The van der Waals surface area contributed by atoms with E-state index < -0.39 is 6.29 Å². The van der Waals surface area contributed by atoms with Crippen LogP contribution in [0.5, 0.6) is 11.5 Å². The number of aromatic nitrogens is 5. The van der Waals surface area contributed by atoms with Crippen LogP contribution in [0, 0.1) is 0 Å². The molecule has 2 aromatic carbocycles. The standard InChI is InChI=1S/C31H23F2N5O3/c1-36-24(9-11-34-36)29-21-13-19(5-7-23(21)35-37(29)2)22-16-38-12-10-18(17-3-4-17)14-25(38)28(30(22)39)20-6-8-26-27(15-20)41-31(32,33)40-26/h5-17H,3-4H2,1-2H3. The highest BCUT2D eigenvalue weighted by Gasteiger charge is 2.43. The van der Waals surface area contributed by atoms with Gasteiger partial charge in [-0.1, -0.05) is 12.1 Å². The van der Waals surface area contributed by atoms with Crippen molar-refractivity contribution in [2.24, 2.45) is 14.1 Å². The number of halogens is 2. The lowest BCUT2D eigenvalue weighted by Gasteiger charge is -2.14. The van der Waals surface area contributed by atoms with E-state index in [0.717, 1.165) is 40.7 Å². The monoisotopic (exact) mass is 551 g/mol. The van der Waals surface area contributed by atoms with Crippen LogP contribution in [0.4, 0.5) is 8.78 Å². The Kier molecular flexibility index (Phi) is 4.81. The van der Waals surface area contributed by atoms with Gasteiger partial charge in [0.2, 0.25) is 0 Å². The Morgan fingerprint density at radius 1 is 0.927 bits per heavy atom. The number of aryl methyl sites for hydroxylation is 2. The van der Waals surface area contributed by atoms with E-state index in [1.54, 1.807) is 16.9 Å². The van der Waals surface area contributed by atoms with Gasteiger partial charge < -0.3 is 13.9 Å². The number of alkyl halides is 2. The molecule has 2 aliphatic rings. The van der Waals surface area contributed by atoms with E-state index in [1.165, 1.54) is 12.1 Å². The first-order valence-corrected chi connectivity index (χ1v) is 13.3.